The second kappa shape index (κ2) is 6.99. The van der Waals surface area contributed by atoms with Crippen molar-refractivity contribution < 1.29 is 33.3 Å². The van der Waals surface area contributed by atoms with Crippen LogP contribution in [0, 0.1) is 0 Å². The Morgan fingerprint density at radius 2 is 1.45 bits per heavy atom. The second-order valence-electron chi connectivity index (χ2n) is 5.80. The predicted molar refractivity (Wildman–Crippen MR) is 78.1 cm³/mol. The number of halogens is 1. The lowest BCUT2D eigenvalue weighted by atomic mass is 9.98. The lowest BCUT2D eigenvalue weighted by molar-refractivity contribution is -0.884. The molecule has 0 fully saturated rings. The van der Waals surface area contributed by atoms with Gasteiger partial charge in [-0.2, -0.15) is 0 Å². The van der Waals surface area contributed by atoms with Gasteiger partial charge in [0.25, 0.3) is 0 Å². The third-order valence-corrected chi connectivity index (χ3v) is 2.94. The third-order valence-electron chi connectivity index (χ3n) is 2.94. The van der Waals surface area contributed by atoms with Crippen LogP contribution < -0.4 is 24.0 Å². The summed E-state index contributed by atoms with van der Waals surface area (Å²) in [5.74, 6) is 0.102. The summed E-state index contributed by atoms with van der Waals surface area (Å²) in [5, 5.41) is 0. The van der Waals surface area contributed by atoms with Gasteiger partial charge in [0.2, 0.25) is 0 Å². The zero-order valence-corrected chi connectivity index (χ0v) is 14.3. The van der Waals surface area contributed by atoms with Crippen molar-refractivity contribution in [3.63, 3.8) is 0 Å². The summed E-state index contributed by atoms with van der Waals surface area (Å²) in [4.78, 5) is 12.5. The summed E-state index contributed by atoms with van der Waals surface area (Å²) in [6, 6.07) is 17.3. The molecule has 0 spiro atoms. The van der Waals surface area contributed by atoms with Crippen LogP contribution >= 0.6 is 0 Å². The molecule has 0 atom stereocenters. The lowest BCUT2D eigenvalue weighted by Crippen LogP contribution is -3.00. The van der Waals surface area contributed by atoms with Crippen molar-refractivity contribution in [2.75, 3.05) is 21.1 Å². The van der Waals surface area contributed by atoms with Crippen LogP contribution in [0.3, 0.4) is 0 Å². The average molecular weight is 381 g/mol. The number of hydrogen-bond donors (Lipinski definition) is 0. The zero-order valence-electron chi connectivity index (χ0n) is 12.1. The van der Waals surface area contributed by atoms with Gasteiger partial charge in [0.1, 0.15) is 6.54 Å². The first-order valence-corrected chi connectivity index (χ1v) is 6.45. The zero-order chi connectivity index (χ0) is 13.9. The molecule has 2 nitrogen and oxygen atoms in total. The first kappa shape index (κ1) is 16.9. The van der Waals surface area contributed by atoms with Crippen molar-refractivity contribution in [2.45, 2.75) is 6.54 Å². The molecule has 0 heterocycles. The number of hydrogen-bond acceptors (Lipinski definition) is 1. The molecule has 0 saturated heterocycles. The monoisotopic (exact) mass is 381 g/mol. The van der Waals surface area contributed by atoms with E-state index in [0.717, 1.165) is 27.7 Å². The number of rotatable bonds is 4. The number of ketones is 1. The Morgan fingerprint density at radius 3 is 2.05 bits per heavy atom. The molecule has 106 valence electrons. The summed E-state index contributed by atoms with van der Waals surface area (Å²) < 4.78 is 0.805. The van der Waals surface area contributed by atoms with Crippen LogP contribution in [-0.2, 0) is 6.54 Å². The molecule has 0 aliphatic rings. The normalized spacial score (nSPS) is 10.8. The Kier molecular flexibility index (Phi) is 5.89. The minimum absolute atomic E-state index is 0. The molecule has 0 aliphatic heterocycles. The van der Waals surface area contributed by atoms with Crippen LogP contribution in [0.4, 0.5) is 0 Å². The maximum Gasteiger partial charge on any atom is 0.193 e. The molecule has 20 heavy (non-hydrogen) atoms. The molecule has 3 heteroatoms. The topological polar surface area (TPSA) is 17.1 Å². The van der Waals surface area contributed by atoms with Gasteiger partial charge in [0, 0.05) is 16.7 Å². The molecule has 0 aliphatic carbocycles. The first-order chi connectivity index (χ1) is 8.97. The maximum atomic E-state index is 12.5. The molecule has 0 radical (unpaired) electrons. The molecule has 0 saturated carbocycles. The highest BCUT2D eigenvalue weighted by Gasteiger charge is 2.17. The molecule has 2 aromatic rings. The summed E-state index contributed by atoms with van der Waals surface area (Å²) >= 11 is 0. The van der Waals surface area contributed by atoms with Crippen molar-refractivity contribution in [3.8, 4) is 0 Å². The highest BCUT2D eigenvalue weighted by molar-refractivity contribution is 6.09. The molecule has 2 aromatic carbocycles. The standard InChI is InChI=1S/C17H20NO.HI/c1-18(2,3)13-15-11-7-8-12-16(15)17(19)14-9-5-4-6-10-14;/h4-12H,13H2,1-3H3;1H/q+1;/p-1. The fourth-order valence-corrected chi connectivity index (χ4v) is 2.14. The molecular weight excluding hydrogens is 361 g/mol. The summed E-state index contributed by atoms with van der Waals surface area (Å²) in [7, 11) is 6.39. The fourth-order valence-electron chi connectivity index (χ4n) is 2.14. The Hall–Kier alpha value is -1.20. The van der Waals surface area contributed by atoms with Crippen LogP contribution in [0.15, 0.2) is 54.6 Å². The van der Waals surface area contributed by atoms with Crippen LogP contribution in [0.2, 0.25) is 0 Å². The largest absolute Gasteiger partial charge is 1.00 e. The SMILES string of the molecule is C[N+](C)(C)Cc1ccccc1C(=O)c1ccccc1.[I-]. The average Bonchev–Trinajstić information content (AvgIpc) is 2.38. The van der Waals surface area contributed by atoms with E-state index in [2.05, 4.69) is 21.1 Å². The number of nitrogens with zero attached hydrogens (tertiary/aromatic N) is 1. The Bertz CT molecular complexity index is 573. The van der Waals surface area contributed by atoms with Crippen molar-refractivity contribution >= 4 is 5.78 Å². The highest BCUT2D eigenvalue weighted by Crippen LogP contribution is 2.17. The van der Waals surface area contributed by atoms with Crippen molar-refractivity contribution in [2.24, 2.45) is 0 Å². The van der Waals surface area contributed by atoms with Crippen LogP contribution in [-0.4, -0.2) is 31.4 Å². The van der Waals surface area contributed by atoms with E-state index in [1.807, 2.05) is 54.6 Å². The summed E-state index contributed by atoms with van der Waals surface area (Å²) in [5.41, 5.74) is 2.65. The minimum Gasteiger partial charge on any atom is -1.00 e. The van der Waals surface area contributed by atoms with E-state index < -0.39 is 0 Å². The van der Waals surface area contributed by atoms with Gasteiger partial charge in [-0.25, -0.2) is 0 Å². The van der Waals surface area contributed by atoms with Gasteiger partial charge in [0.15, 0.2) is 5.78 Å². The van der Waals surface area contributed by atoms with E-state index >= 15 is 0 Å². The smallest absolute Gasteiger partial charge is 0.193 e. The van der Waals surface area contributed by atoms with E-state index in [0.29, 0.717) is 0 Å². The van der Waals surface area contributed by atoms with Gasteiger partial charge in [-0.15, -0.1) is 0 Å². The van der Waals surface area contributed by atoms with Gasteiger partial charge in [-0.1, -0.05) is 54.6 Å². The highest BCUT2D eigenvalue weighted by atomic mass is 127. The third kappa shape index (κ3) is 4.42. The molecule has 0 bridgehead atoms. The van der Waals surface area contributed by atoms with Crippen LogP contribution in [0.5, 0.6) is 0 Å². The van der Waals surface area contributed by atoms with E-state index in [1.54, 1.807) is 0 Å². The fraction of sp³-hybridized carbons (Fsp3) is 0.235. The predicted octanol–water partition coefficient (Wildman–Crippen LogP) is 0.128. The van der Waals surface area contributed by atoms with Crippen molar-refractivity contribution in [3.05, 3.63) is 71.3 Å². The number of benzene rings is 2. The second-order valence-corrected chi connectivity index (χ2v) is 5.80. The molecule has 0 amide bonds. The van der Waals surface area contributed by atoms with E-state index in [4.69, 9.17) is 0 Å². The number of carbonyl (C=O) groups excluding carboxylic acids is 1. The maximum absolute atomic E-state index is 12.5. The van der Waals surface area contributed by atoms with Crippen molar-refractivity contribution in [1.29, 1.82) is 0 Å². The molecular formula is C17H20INO. The lowest BCUT2D eigenvalue weighted by Gasteiger charge is -2.25. The molecule has 0 aromatic heterocycles. The van der Waals surface area contributed by atoms with Gasteiger partial charge in [-0.3, -0.25) is 4.79 Å². The summed E-state index contributed by atoms with van der Waals surface area (Å²) in [6.45, 7) is 0.842. The number of quaternary nitrogens is 1. The van der Waals surface area contributed by atoms with Crippen LogP contribution in [0.1, 0.15) is 21.5 Å². The first-order valence-electron chi connectivity index (χ1n) is 6.45. The number of carbonyl (C=O) groups is 1. The summed E-state index contributed by atoms with van der Waals surface area (Å²) in [6.07, 6.45) is 0. The van der Waals surface area contributed by atoms with E-state index in [9.17, 15) is 4.79 Å². The van der Waals surface area contributed by atoms with Gasteiger partial charge >= 0.3 is 0 Å². The van der Waals surface area contributed by atoms with E-state index in [1.165, 1.54) is 0 Å². The van der Waals surface area contributed by atoms with Gasteiger partial charge in [-0.05, 0) is 0 Å². The van der Waals surface area contributed by atoms with Crippen LogP contribution in [0.25, 0.3) is 0 Å². The van der Waals surface area contributed by atoms with E-state index in [-0.39, 0.29) is 29.8 Å². The van der Waals surface area contributed by atoms with Gasteiger partial charge < -0.3 is 28.5 Å². The molecule has 2 rings (SSSR count). The van der Waals surface area contributed by atoms with Gasteiger partial charge in [0.05, 0.1) is 21.1 Å². The minimum atomic E-state index is 0. The Morgan fingerprint density at radius 1 is 0.900 bits per heavy atom. The molecule has 0 unspecified atom stereocenters. The quantitative estimate of drug-likeness (QED) is 0.418. The molecule has 0 N–H and O–H groups in total. The Labute approximate surface area is 138 Å². The van der Waals surface area contributed by atoms with Crippen molar-refractivity contribution in [1.82, 2.24) is 0 Å². The Balaban J connectivity index is 0.00000200.